The zero-order chi connectivity index (χ0) is 16.4. The highest BCUT2D eigenvalue weighted by atomic mass is 16.4. The minimum absolute atomic E-state index is 0.0939. The number of furan rings is 1. The summed E-state index contributed by atoms with van der Waals surface area (Å²) >= 11 is 0. The predicted molar refractivity (Wildman–Crippen MR) is 83.7 cm³/mol. The number of carboxylic acid groups (broad SMARTS) is 2. The molecule has 0 fully saturated rings. The molecule has 5 heteroatoms. The van der Waals surface area contributed by atoms with E-state index in [0.717, 1.165) is 10.8 Å². The maximum atomic E-state index is 11.7. The lowest BCUT2D eigenvalue weighted by atomic mass is 9.90. The fraction of sp³-hybridized carbons (Fsp3) is 0.111. The molecule has 0 saturated heterocycles. The van der Waals surface area contributed by atoms with Crippen molar-refractivity contribution in [1.29, 1.82) is 0 Å². The van der Waals surface area contributed by atoms with E-state index in [4.69, 9.17) is 9.52 Å². The zero-order valence-electron chi connectivity index (χ0n) is 12.1. The largest absolute Gasteiger partial charge is 0.481 e. The minimum atomic E-state index is -1.17. The highest BCUT2D eigenvalue weighted by Gasteiger charge is 2.24. The van der Waals surface area contributed by atoms with E-state index >= 15 is 0 Å². The van der Waals surface area contributed by atoms with Gasteiger partial charge in [-0.25, -0.2) is 4.79 Å². The molecule has 3 aromatic rings. The van der Waals surface area contributed by atoms with E-state index in [0.29, 0.717) is 11.3 Å². The maximum absolute atomic E-state index is 11.7. The quantitative estimate of drug-likeness (QED) is 0.752. The van der Waals surface area contributed by atoms with Gasteiger partial charge < -0.3 is 14.6 Å². The van der Waals surface area contributed by atoms with Crippen LogP contribution in [0, 0.1) is 0 Å². The van der Waals surface area contributed by atoms with E-state index in [2.05, 4.69) is 0 Å². The average Bonchev–Trinajstić information content (AvgIpc) is 3.01. The van der Waals surface area contributed by atoms with E-state index in [1.807, 2.05) is 36.4 Å². The van der Waals surface area contributed by atoms with Gasteiger partial charge in [0.2, 0.25) is 5.76 Å². The number of carbonyl (C=O) groups is 2. The number of hydrogen-bond acceptors (Lipinski definition) is 3. The van der Waals surface area contributed by atoms with Crippen LogP contribution in [0.4, 0.5) is 0 Å². The van der Waals surface area contributed by atoms with Gasteiger partial charge in [-0.15, -0.1) is 0 Å². The van der Waals surface area contributed by atoms with E-state index in [1.54, 1.807) is 6.07 Å². The first-order chi connectivity index (χ1) is 11.1. The summed E-state index contributed by atoms with van der Waals surface area (Å²) in [6, 6.07) is 15.9. The number of fused-ring (bicyclic) bond motifs is 1. The second-order valence-electron chi connectivity index (χ2n) is 5.23. The second kappa shape index (κ2) is 5.96. The number of aromatic carboxylic acids is 1. The van der Waals surface area contributed by atoms with E-state index < -0.39 is 17.9 Å². The predicted octanol–water partition coefficient (Wildman–Crippen LogP) is 3.54. The van der Waals surface area contributed by atoms with Gasteiger partial charge in [0.1, 0.15) is 5.76 Å². The van der Waals surface area contributed by atoms with Crippen LogP contribution in [0.2, 0.25) is 0 Å². The SMILES string of the molecule is O=C(O)c1ccc(CC(C(=O)O)c2cccc3ccccc23)o1. The average molecular weight is 310 g/mol. The van der Waals surface area contributed by atoms with Gasteiger partial charge in [-0.1, -0.05) is 42.5 Å². The molecule has 0 aliphatic heterocycles. The van der Waals surface area contributed by atoms with Gasteiger partial charge >= 0.3 is 11.9 Å². The normalized spacial score (nSPS) is 12.2. The molecule has 0 aliphatic carbocycles. The van der Waals surface area contributed by atoms with Gasteiger partial charge in [-0.05, 0) is 28.5 Å². The van der Waals surface area contributed by atoms with Crippen LogP contribution in [-0.4, -0.2) is 22.2 Å². The molecule has 23 heavy (non-hydrogen) atoms. The molecule has 1 atom stereocenters. The smallest absolute Gasteiger partial charge is 0.371 e. The Morgan fingerprint density at radius 3 is 2.39 bits per heavy atom. The molecule has 2 aromatic carbocycles. The molecule has 0 spiro atoms. The highest BCUT2D eigenvalue weighted by Crippen LogP contribution is 2.29. The molecular formula is C18H14O5. The Hall–Kier alpha value is -3.08. The van der Waals surface area contributed by atoms with E-state index in [1.165, 1.54) is 12.1 Å². The van der Waals surface area contributed by atoms with Crippen molar-refractivity contribution in [1.82, 2.24) is 0 Å². The summed E-state index contributed by atoms with van der Waals surface area (Å²) in [7, 11) is 0. The molecule has 2 N–H and O–H groups in total. The molecule has 5 nitrogen and oxygen atoms in total. The molecule has 3 rings (SSSR count). The summed E-state index contributed by atoms with van der Waals surface area (Å²) in [6.07, 6.45) is 0.0939. The number of rotatable bonds is 5. The van der Waals surface area contributed by atoms with Crippen LogP contribution in [0.25, 0.3) is 10.8 Å². The van der Waals surface area contributed by atoms with Crippen molar-refractivity contribution in [2.75, 3.05) is 0 Å². The zero-order valence-corrected chi connectivity index (χ0v) is 12.1. The molecule has 0 radical (unpaired) electrons. The van der Waals surface area contributed by atoms with Crippen molar-refractivity contribution < 1.29 is 24.2 Å². The Labute approximate surface area is 131 Å². The highest BCUT2D eigenvalue weighted by molar-refractivity contribution is 5.91. The third-order valence-electron chi connectivity index (χ3n) is 3.77. The summed E-state index contributed by atoms with van der Waals surface area (Å²) < 4.78 is 5.20. The van der Waals surface area contributed by atoms with Crippen LogP contribution in [0.3, 0.4) is 0 Å². The lowest BCUT2D eigenvalue weighted by molar-refractivity contribution is -0.138. The summed E-state index contributed by atoms with van der Waals surface area (Å²) in [4.78, 5) is 22.6. The maximum Gasteiger partial charge on any atom is 0.371 e. The number of aliphatic carboxylic acids is 1. The van der Waals surface area contributed by atoms with E-state index in [9.17, 15) is 14.7 Å². The topological polar surface area (TPSA) is 87.7 Å². The summed E-state index contributed by atoms with van der Waals surface area (Å²) in [5.74, 6) is -2.82. The second-order valence-corrected chi connectivity index (χ2v) is 5.23. The van der Waals surface area contributed by atoms with Crippen LogP contribution in [0.1, 0.15) is 27.8 Å². The molecule has 0 saturated carbocycles. The molecule has 1 heterocycles. The lowest BCUT2D eigenvalue weighted by Crippen LogP contribution is -2.14. The number of hydrogen-bond donors (Lipinski definition) is 2. The molecule has 1 unspecified atom stereocenters. The first-order valence-corrected chi connectivity index (χ1v) is 7.08. The Bertz CT molecular complexity index is 873. The van der Waals surface area contributed by atoms with Crippen LogP contribution >= 0.6 is 0 Å². The first-order valence-electron chi connectivity index (χ1n) is 7.08. The van der Waals surface area contributed by atoms with Crippen molar-refractivity contribution in [2.45, 2.75) is 12.3 Å². The third-order valence-corrected chi connectivity index (χ3v) is 3.77. The first kappa shape index (κ1) is 14.8. The van der Waals surface area contributed by atoms with Crippen molar-refractivity contribution >= 4 is 22.7 Å². The molecule has 0 bridgehead atoms. The fourth-order valence-electron chi connectivity index (χ4n) is 2.69. The molecule has 0 amide bonds. The Balaban J connectivity index is 2.00. The monoisotopic (exact) mass is 310 g/mol. The number of benzene rings is 2. The van der Waals surface area contributed by atoms with Crippen LogP contribution < -0.4 is 0 Å². The van der Waals surface area contributed by atoms with Crippen molar-refractivity contribution in [2.24, 2.45) is 0 Å². The summed E-state index contributed by atoms with van der Waals surface area (Å²) in [5.41, 5.74) is 0.684. The third kappa shape index (κ3) is 2.94. The van der Waals surface area contributed by atoms with Crippen LogP contribution in [0.15, 0.2) is 59.0 Å². The Morgan fingerprint density at radius 2 is 1.70 bits per heavy atom. The molecule has 116 valence electrons. The lowest BCUT2D eigenvalue weighted by Gasteiger charge is -2.14. The summed E-state index contributed by atoms with van der Waals surface area (Å²) in [5, 5.41) is 20.3. The minimum Gasteiger partial charge on any atom is -0.481 e. The molecule has 0 aliphatic rings. The van der Waals surface area contributed by atoms with Crippen molar-refractivity contribution in [3.05, 3.63) is 71.7 Å². The Morgan fingerprint density at radius 1 is 0.957 bits per heavy atom. The van der Waals surface area contributed by atoms with Gasteiger partial charge in [0.15, 0.2) is 0 Å². The molecular weight excluding hydrogens is 296 g/mol. The Kier molecular flexibility index (Phi) is 3.85. The van der Waals surface area contributed by atoms with Gasteiger partial charge in [0, 0.05) is 6.42 Å². The van der Waals surface area contributed by atoms with Crippen LogP contribution in [0.5, 0.6) is 0 Å². The standard InChI is InChI=1S/C18H14O5/c19-17(20)15(10-12-8-9-16(23-12)18(21)22)14-7-3-5-11-4-1-2-6-13(11)14/h1-9,15H,10H2,(H,19,20)(H,21,22). The van der Waals surface area contributed by atoms with Gasteiger partial charge in [-0.3, -0.25) is 4.79 Å². The van der Waals surface area contributed by atoms with E-state index in [-0.39, 0.29) is 12.2 Å². The molecule has 1 aromatic heterocycles. The van der Waals surface area contributed by atoms with Crippen molar-refractivity contribution in [3.8, 4) is 0 Å². The van der Waals surface area contributed by atoms with Gasteiger partial charge in [-0.2, -0.15) is 0 Å². The number of carboxylic acids is 2. The fourth-order valence-corrected chi connectivity index (χ4v) is 2.69. The van der Waals surface area contributed by atoms with Crippen LogP contribution in [-0.2, 0) is 11.2 Å². The van der Waals surface area contributed by atoms with Gasteiger partial charge in [0.05, 0.1) is 5.92 Å². The van der Waals surface area contributed by atoms with Crippen molar-refractivity contribution in [3.63, 3.8) is 0 Å². The summed E-state index contributed by atoms with van der Waals surface area (Å²) in [6.45, 7) is 0. The van der Waals surface area contributed by atoms with Gasteiger partial charge in [0.25, 0.3) is 0 Å².